The van der Waals surface area contributed by atoms with Crippen LogP contribution in [0.25, 0.3) is 0 Å². The van der Waals surface area contributed by atoms with Crippen molar-refractivity contribution in [2.75, 3.05) is 0 Å². The lowest BCUT2D eigenvalue weighted by atomic mass is 9.75. The van der Waals surface area contributed by atoms with E-state index < -0.39 is 0 Å². The third-order valence-electron chi connectivity index (χ3n) is 8.30. The van der Waals surface area contributed by atoms with Gasteiger partial charge in [0.1, 0.15) is 0 Å². The summed E-state index contributed by atoms with van der Waals surface area (Å²) in [6.07, 6.45) is 0.909. The predicted octanol–water partition coefficient (Wildman–Crippen LogP) is 8.38. The summed E-state index contributed by atoms with van der Waals surface area (Å²) >= 11 is 0. The highest BCUT2D eigenvalue weighted by Crippen LogP contribution is 2.40. The molecule has 0 heterocycles. The normalized spacial score (nSPS) is 13.7. The van der Waals surface area contributed by atoms with Crippen LogP contribution in [0.5, 0.6) is 0 Å². The van der Waals surface area contributed by atoms with Crippen LogP contribution >= 0.6 is 0 Å². The van der Waals surface area contributed by atoms with Crippen molar-refractivity contribution in [3.8, 4) is 0 Å². The number of hydrogen-bond acceptors (Lipinski definition) is 3. The average Bonchev–Trinajstić information content (AvgIpc) is 2.89. The van der Waals surface area contributed by atoms with Gasteiger partial charge in [0.15, 0.2) is 0 Å². The van der Waals surface area contributed by atoms with E-state index in [9.17, 15) is 15.3 Å². The van der Waals surface area contributed by atoms with Crippen LogP contribution in [-0.4, -0.2) is 15.3 Å². The van der Waals surface area contributed by atoms with E-state index in [4.69, 9.17) is 0 Å². The van der Waals surface area contributed by atoms with Gasteiger partial charge in [-0.1, -0.05) is 124 Å². The first kappa shape index (κ1) is 32.1. The summed E-state index contributed by atoms with van der Waals surface area (Å²) in [5.74, 6) is 0.401. The molecule has 218 valence electrons. The maximum atomic E-state index is 10.1. The minimum Gasteiger partial charge on any atom is -0.392 e. The fourth-order valence-corrected chi connectivity index (χ4v) is 5.98. The molecule has 0 aliphatic heterocycles. The summed E-state index contributed by atoms with van der Waals surface area (Å²) in [6, 6.07) is 19.7. The largest absolute Gasteiger partial charge is 0.392 e. The lowest BCUT2D eigenvalue weighted by Gasteiger charge is -2.30. The van der Waals surface area contributed by atoms with Gasteiger partial charge in [0.05, 0.1) is 19.8 Å². The average molecular weight is 545 g/mol. The molecule has 0 saturated heterocycles. The van der Waals surface area contributed by atoms with E-state index in [-0.39, 0.29) is 47.9 Å². The Bertz CT molecular complexity index is 1230. The van der Waals surface area contributed by atoms with Crippen LogP contribution in [0.4, 0.5) is 0 Å². The Morgan fingerprint density at radius 2 is 0.800 bits per heavy atom. The van der Waals surface area contributed by atoms with Gasteiger partial charge in [0.2, 0.25) is 0 Å². The van der Waals surface area contributed by atoms with Gasteiger partial charge in [0.25, 0.3) is 0 Å². The minimum atomic E-state index is -0.0940. The van der Waals surface area contributed by atoms with Gasteiger partial charge in [-0.3, -0.25) is 0 Å². The summed E-state index contributed by atoms with van der Waals surface area (Å²) in [5.41, 5.74) is 10.0. The summed E-state index contributed by atoms with van der Waals surface area (Å²) in [4.78, 5) is 0. The third kappa shape index (κ3) is 7.24. The molecule has 0 spiro atoms. The topological polar surface area (TPSA) is 60.7 Å². The SMILES string of the molecule is CC(CC(c1ccc(CO)c(C(C)(C)C)c1)c1ccc(CO)c(C(C)(C)C)c1)c1ccc(CO)c(C(C)(C)C)c1. The van der Waals surface area contributed by atoms with Crippen molar-refractivity contribution in [3.05, 3.63) is 105 Å². The molecule has 0 bridgehead atoms. The summed E-state index contributed by atoms with van der Waals surface area (Å²) in [7, 11) is 0. The molecule has 1 atom stereocenters. The maximum Gasteiger partial charge on any atom is 0.0684 e. The van der Waals surface area contributed by atoms with Gasteiger partial charge in [-0.05, 0) is 78.7 Å². The molecule has 3 nitrogen and oxygen atoms in total. The zero-order valence-corrected chi connectivity index (χ0v) is 26.5. The van der Waals surface area contributed by atoms with E-state index in [1.165, 1.54) is 33.4 Å². The van der Waals surface area contributed by atoms with E-state index in [0.29, 0.717) is 0 Å². The Hall–Kier alpha value is -2.46. The van der Waals surface area contributed by atoms with Crippen LogP contribution in [0.15, 0.2) is 54.6 Å². The van der Waals surface area contributed by atoms with Crippen LogP contribution in [0, 0.1) is 0 Å². The quantitative estimate of drug-likeness (QED) is 0.267. The molecule has 0 aliphatic carbocycles. The standard InChI is InChI=1S/C37H52O3/c1-24(25-11-14-28(21-38)32(18-25)35(2,3)4)17-31(26-12-15-29(22-39)33(19-26)36(5,6)7)27-13-16-30(23-40)34(20-27)37(8,9)10/h11-16,18-20,24,31,38-40H,17,21-23H2,1-10H3. The van der Waals surface area contributed by atoms with Crippen molar-refractivity contribution in [3.63, 3.8) is 0 Å². The lowest BCUT2D eigenvalue weighted by Crippen LogP contribution is -2.18. The molecule has 3 aromatic carbocycles. The van der Waals surface area contributed by atoms with E-state index in [2.05, 4.69) is 124 Å². The minimum absolute atomic E-state index is 0.0279. The molecule has 0 aliphatic rings. The zero-order valence-electron chi connectivity index (χ0n) is 26.5. The van der Waals surface area contributed by atoms with Crippen molar-refractivity contribution in [1.29, 1.82) is 0 Å². The Morgan fingerprint density at radius 3 is 1.10 bits per heavy atom. The molecular formula is C37H52O3. The lowest BCUT2D eigenvalue weighted by molar-refractivity contribution is 0.278. The van der Waals surface area contributed by atoms with Crippen LogP contribution in [0.1, 0.15) is 138 Å². The maximum absolute atomic E-state index is 10.1. The molecule has 3 rings (SSSR count). The van der Waals surface area contributed by atoms with Gasteiger partial charge in [-0.2, -0.15) is 0 Å². The number of benzene rings is 3. The van der Waals surface area contributed by atoms with Crippen molar-refractivity contribution < 1.29 is 15.3 Å². The first-order chi connectivity index (χ1) is 18.5. The van der Waals surface area contributed by atoms with Crippen molar-refractivity contribution in [1.82, 2.24) is 0 Å². The van der Waals surface area contributed by atoms with Gasteiger partial charge in [0, 0.05) is 5.92 Å². The second-order valence-corrected chi connectivity index (χ2v) is 14.7. The van der Waals surface area contributed by atoms with Gasteiger partial charge in [-0.15, -0.1) is 0 Å². The first-order valence-corrected chi connectivity index (χ1v) is 14.7. The predicted molar refractivity (Wildman–Crippen MR) is 168 cm³/mol. The molecule has 0 amide bonds. The van der Waals surface area contributed by atoms with Crippen molar-refractivity contribution in [2.24, 2.45) is 0 Å². The molecule has 3 N–H and O–H groups in total. The van der Waals surface area contributed by atoms with E-state index >= 15 is 0 Å². The molecule has 1 unspecified atom stereocenters. The summed E-state index contributed by atoms with van der Waals surface area (Å²) in [6.45, 7) is 22.2. The Balaban J connectivity index is 2.19. The second kappa shape index (κ2) is 12.2. The highest BCUT2D eigenvalue weighted by Gasteiger charge is 2.27. The van der Waals surface area contributed by atoms with Crippen LogP contribution in [0.3, 0.4) is 0 Å². The van der Waals surface area contributed by atoms with Gasteiger partial charge in [-0.25, -0.2) is 0 Å². The van der Waals surface area contributed by atoms with Crippen LogP contribution in [0.2, 0.25) is 0 Å². The Morgan fingerprint density at radius 1 is 0.500 bits per heavy atom. The molecular weight excluding hydrogens is 492 g/mol. The Kier molecular flexibility index (Phi) is 9.77. The highest BCUT2D eigenvalue weighted by atomic mass is 16.3. The van der Waals surface area contributed by atoms with Gasteiger partial charge >= 0.3 is 0 Å². The fourth-order valence-electron chi connectivity index (χ4n) is 5.98. The summed E-state index contributed by atoms with van der Waals surface area (Å²) < 4.78 is 0. The highest BCUT2D eigenvalue weighted by molar-refractivity contribution is 5.45. The molecule has 0 aromatic heterocycles. The van der Waals surface area contributed by atoms with Crippen LogP contribution < -0.4 is 0 Å². The van der Waals surface area contributed by atoms with Crippen molar-refractivity contribution in [2.45, 2.75) is 124 Å². The molecule has 0 fully saturated rings. The molecule has 40 heavy (non-hydrogen) atoms. The monoisotopic (exact) mass is 544 g/mol. The second-order valence-electron chi connectivity index (χ2n) is 14.7. The Labute approximate surface area is 243 Å². The van der Waals surface area contributed by atoms with E-state index in [1.807, 2.05) is 0 Å². The smallest absolute Gasteiger partial charge is 0.0684 e. The van der Waals surface area contributed by atoms with Gasteiger partial charge < -0.3 is 15.3 Å². The molecule has 3 heteroatoms. The number of hydrogen-bond donors (Lipinski definition) is 3. The molecule has 0 saturated carbocycles. The fraction of sp³-hybridized carbons (Fsp3) is 0.514. The number of aliphatic hydroxyl groups excluding tert-OH is 3. The summed E-state index contributed by atoms with van der Waals surface area (Å²) in [5, 5.41) is 30.2. The number of aliphatic hydroxyl groups is 3. The molecule has 3 aromatic rings. The van der Waals surface area contributed by atoms with Crippen LogP contribution in [-0.2, 0) is 36.1 Å². The van der Waals surface area contributed by atoms with E-state index in [1.54, 1.807) is 0 Å². The first-order valence-electron chi connectivity index (χ1n) is 14.7. The zero-order chi connectivity index (χ0) is 30.0. The third-order valence-corrected chi connectivity index (χ3v) is 8.30. The van der Waals surface area contributed by atoms with Crippen molar-refractivity contribution >= 4 is 0 Å². The number of rotatable bonds is 8. The van der Waals surface area contributed by atoms with E-state index in [0.717, 1.165) is 23.1 Å². The molecule has 0 radical (unpaired) electrons.